The van der Waals surface area contributed by atoms with Crippen molar-refractivity contribution in [2.75, 3.05) is 12.9 Å². The molecule has 4 fully saturated rings. The lowest BCUT2D eigenvalue weighted by Crippen LogP contribution is -2.65. The van der Waals surface area contributed by atoms with Gasteiger partial charge in [0.25, 0.3) is 0 Å². The zero-order valence-electron chi connectivity index (χ0n) is 23.9. The quantitative estimate of drug-likeness (QED) is 0.344. The Hall–Kier alpha value is -2.15. The number of primary sulfonamides is 1. The average Bonchev–Trinajstić information content (AvgIpc) is 3.17. The summed E-state index contributed by atoms with van der Waals surface area (Å²) >= 11 is 0. The summed E-state index contributed by atoms with van der Waals surface area (Å²) in [4.78, 5) is 25.8. The topological polar surface area (TPSA) is 143 Å². The van der Waals surface area contributed by atoms with E-state index in [0.717, 1.165) is 12.8 Å². The van der Waals surface area contributed by atoms with Crippen LogP contribution in [0.5, 0.6) is 5.75 Å². The van der Waals surface area contributed by atoms with Crippen molar-refractivity contribution in [2.24, 2.45) is 22.4 Å². The number of para-hydroxylation sites is 1. The molecule has 4 aliphatic rings. The van der Waals surface area contributed by atoms with Gasteiger partial charge < -0.3 is 24.1 Å². The number of benzene rings is 1. The van der Waals surface area contributed by atoms with Crippen LogP contribution in [0, 0.1) is 17.3 Å². The molecule has 12 heteroatoms. The predicted molar refractivity (Wildman–Crippen MR) is 147 cm³/mol. The molecule has 3 N–H and O–H groups in total. The second kappa shape index (κ2) is 10.4. The van der Waals surface area contributed by atoms with Gasteiger partial charge >= 0.3 is 13.1 Å². The van der Waals surface area contributed by atoms with E-state index in [0.29, 0.717) is 23.1 Å². The van der Waals surface area contributed by atoms with Crippen LogP contribution in [0.2, 0.25) is 0 Å². The summed E-state index contributed by atoms with van der Waals surface area (Å²) in [5.74, 6) is -0.965. The first kappa shape index (κ1) is 29.8. The molecule has 0 radical (unpaired) electrons. The normalized spacial score (nSPS) is 28.2. The highest BCUT2D eigenvalue weighted by molar-refractivity contribution is 7.89. The van der Waals surface area contributed by atoms with Crippen LogP contribution in [0.15, 0.2) is 18.2 Å². The van der Waals surface area contributed by atoms with Gasteiger partial charge in [-0.3, -0.25) is 4.79 Å². The first-order valence-electron chi connectivity index (χ1n) is 13.5. The predicted octanol–water partition coefficient (Wildman–Crippen LogP) is 2.62. The van der Waals surface area contributed by atoms with Crippen LogP contribution in [0.4, 0.5) is 0 Å². The van der Waals surface area contributed by atoms with Gasteiger partial charge in [0.15, 0.2) is 0 Å². The molecule has 1 heterocycles. The van der Waals surface area contributed by atoms with E-state index in [2.05, 4.69) is 26.1 Å². The molecule has 3 aliphatic carbocycles. The summed E-state index contributed by atoms with van der Waals surface area (Å²) in [6, 6.07) is 5.16. The molecule has 3 saturated carbocycles. The fourth-order valence-corrected chi connectivity index (χ4v) is 6.99. The van der Waals surface area contributed by atoms with Gasteiger partial charge in [-0.15, -0.1) is 0 Å². The Morgan fingerprint density at radius 2 is 1.92 bits per heavy atom. The zero-order valence-corrected chi connectivity index (χ0v) is 24.7. The number of nitrogens with one attached hydrogen (secondary N) is 1. The molecule has 0 spiro atoms. The monoisotopic (exact) mass is 564 g/mol. The number of amides is 1. The van der Waals surface area contributed by atoms with Crippen LogP contribution < -0.4 is 15.2 Å². The Bertz CT molecular complexity index is 1230. The molecule has 5 unspecified atom stereocenters. The van der Waals surface area contributed by atoms with Crippen LogP contribution in [0.25, 0.3) is 0 Å². The Labute approximate surface area is 231 Å². The smallest absolute Gasteiger partial charge is 0.482 e. The van der Waals surface area contributed by atoms with Gasteiger partial charge in [-0.05, 0) is 75.8 Å². The molecule has 1 aromatic rings. The van der Waals surface area contributed by atoms with Gasteiger partial charge in [-0.25, -0.2) is 18.4 Å². The van der Waals surface area contributed by atoms with E-state index in [1.807, 2.05) is 0 Å². The number of esters is 1. The maximum atomic E-state index is 12.9. The fraction of sp³-hybridized carbons (Fsp3) is 0.704. The van der Waals surface area contributed by atoms with Crippen LogP contribution >= 0.6 is 0 Å². The van der Waals surface area contributed by atoms with Gasteiger partial charge in [0.1, 0.15) is 16.9 Å². The van der Waals surface area contributed by atoms with E-state index in [1.54, 1.807) is 39.0 Å². The minimum atomic E-state index is -3.81. The molecule has 2 bridgehead atoms. The van der Waals surface area contributed by atoms with Crippen molar-refractivity contribution in [3.8, 4) is 5.75 Å². The molecule has 39 heavy (non-hydrogen) atoms. The summed E-state index contributed by atoms with van der Waals surface area (Å²) in [7, 11) is -3.11. The lowest BCUT2D eigenvalue weighted by molar-refractivity contribution is -0.199. The molecule has 10 nitrogen and oxygen atoms in total. The van der Waals surface area contributed by atoms with E-state index in [4.69, 9.17) is 23.9 Å². The van der Waals surface area contributed by atoms with Crippen molar-refractivity contribution in [3.05, 3.63) is 29.3 Å². The molecule has 0 aromatic heterocycles. The third-order valence-corrected chi connectivity index (χ3v) is 9.39. The summed E-state index contributed by atoms with van der Waals surface area (Å²) in [5.41, 5.74) is -0.142. The minimum Gasteiger partial charge on any atom is -0.496 e. The number of carbonyl (C=O) groups excluding carboxylic acids is 2. The number of hydrogen-bond donors (Lipinski definition) is 2. The number of hydrogen-bond acceptors (Lipinski definition) is 8. The number of nitrogens with two attached hydrogens (primary N) is 1. The number of rotatable bonds is 9. The van der Waals surface area contributed by atoms with Crippen LogP contribution in [0.3, 0.4) is 0 Å². The first-order valence-corrected chi connectivity index (χ1v) is 15.2. The molecule has 5 atom stereocenters. The molecule has 1 amide bonds. The van der Waals surface area contributed by atoms with Crippen molar-refractivity contribution in [2.45, 2.75) is 90.5 Å². The second-order valence-corrected chi connectivity index (χ2v) is 14.6. The number of carbonyl (C=O) groups is 2. The SMILES string of the molecule is COc1c(CC(NC(=O)CCS(N)(=O)=O)B2OC3CC4CC(C4(C)C)C3(C)O2)cccc1C(=O)OC(C)(C)C. The van der Waals surface area contributed by atoms with E-state index >= 15 is 0 Å². The summed E-state index contributed by atoms with van der Waals surface area (Å²) < 4.78 is 47.2. The van der Waals surface area contributed by atoms with Crippen LogP contribution in [-0.2, 0) is 35.3 Å². The summed E-state index contributed by atoms with van der Waals surface area (Å²) in [5, 5.41) is 8.03. The van der Waals surface area contributed by atoms with E-state index in [-0.39, 0.29) is 29.9 Å². The molecule has 1 saturated heterocycles. The van der Waals surface area contributed by atoms with E-state index in [1.165, 1.54) is 7.11 Å². The van der Waals surface area contributed by atoms with Crippen molar-refractivity contribution < 1.29 is 36.8 Å². The zero-order chi connectivity index (χ0) is 29.0. The summed E-state index contributed by atoms with van der Waals surface area (Å²) in [6.45, 7) is 12.0. The largest absolute Gasteiger partial charge is 0.496 e. The third kappa shape index (κ3) is 6.13. The van der Waals surface area contributed by atoms with Crippen molar-refractivity contribution >= 4 is 29.0 Å². The van der Waals surface area contributed by atoms with Gasteiger partial charge in [0.2, 0.25) is 15.9 Å². The van der Waals surface area contributed by atoms with E-state index in [9.17, 15) is 18.0 Å². The maximum Gasteiger partial charge on any atom is 0.482 e. The first-order chi connectivity index (χ1) is 17.9. The molecular weight excluding hydrogens is 523 g/mol. The highest BCUT2D eigenvalue weighted by Crippen LogP contribution is 2.65. The van der Waals surface area contributed by atoms with Crippen molar-refractivity contribution in [1.29, 1.82) is 0 Å². The summed E-state index contributed by atoms with van der Waals surface area (Å²) in [6.07, 6.45) is 1.76. The Morgan fingerprint density at radius 1 is 1.23 bits per heavy atom. The number of sulfonamides is 1. The van der Waals surface area contributed by atoms with Crippen LogP contribution in [-0.4, -0.2) is 63.5 Å². The van der Waals surface area contributed by atoms with Crippen LogP contribution in [0.1, 0.15) is 76.7 Å². The van der Waals surface area contributed by atoms with Crippen molar-refractivity contribution in [1.82, 2.24) is 5.32 Å². The molecular formula is C27H41BN2O8S. The molecule has 216 valence electrons. The minimum absolute atomic E-state index is 0.113. The van der Waals surface area contributed by atoms with Crippen molar-refractivity contribution in [3.63, 3.8) is 0 Å². The average molecular weight is 565 g/mol. The second-order valence-electron chi connectivity index (χ2n) is 12.8. The number of ether oxygens (including phenoxy) is 2. The van der Waals surface area contributed by atoms with Gasteiger partial charge in [0, 0.05) is 6.42 Å². The Kier molecular flexibility index (Phi) is 7.92. The van der Waals surface area contributed by atoms with Gasteiger partial charge in [0.05, 0.1) is 30.5 Å². The number of methoxy groups -OCH3 is 1. The standard InChI is InChI=1S/C27H41BN2O8S/c1-25(2,3)36-24(32)18-10-8-9-16(23(18)35-7)13-21(30-22(31)11-12-39(29,33)34)28-37-20-15-17-14-19(26(17,4)5)27(20,6)38-28/h8-10,17,19-21H,11-15H2,1-7H3,(H,30,31)(H2,29,33,34). The Balaban J connectivity index is 1.61. The highest BCUT2D eigenvalue weighted by Gasteiger charge is 2.68. The molecule has 1 aliphatic heterocycles. The van der Waals surface area contributed by atoms with Gasteiger partial charge in [-0.1, -0.05) is 26.0 Å². The lowest BCUT2D eigenvalue weighted by atomic mass is 9.43. The molecule has 1 aromatic carbocycles. The fourth-order valence-electron chi connectivity index (χ4n) is 6.52. The third-order valence-electron chi connectivity index (χ3n) is 8.62. The van der Waals surface area contributed by atoms with Gasteiger partial charge in [-0.2, -0.15) is 0 Å². The Morgan fingerprint density at radius 3 is 2.51 bits per heavy atom. The highest BCUT2D eigenvalue weighted by atomic mass is 32.2. The molecule has 5 rings (SSSR count). The lowest BCUT2D eigenvalue weighted by Gasteiger charge is -2.64. The van der Waals surface area contributed by atoms with E-state index < -0.39 is 51.9 Å². The maximum absolute atomic E-state index is 12.9.